The number of anilines is 1. The lowest BCUT2D eigenvalue weighted by atomic mass is 9.97. The van der Waals surface area contributed by atoms with Crippen LogP contribution in [0.15, 0.2) is 41.3 Å². The summed E-state index contributed by atoms with van der Waals surface area (Å²) >= 11 is 0. The summed E-state index contributed by atoms with van der Waals surface area (Å²) in [5.41, 5.74) is 1.13. The van der Waals surface area contributed by atoms with Crippen molar-refractivity contribution in [3.05, 3.63) is 42.0 Å². The van der Waals surface area contributed by atoms with E-state index in [2.05, 4.69) is 10.0 Å². The minimum atomic E-state index is -3.98. The number of nitrogens with one attached hydrogen (secondary N) is 2. The van der Waals surface area contributed by atoms with Crippen LogP contribution in [0.1, 0.15) is 38.8 Å². The van der Waals surface area contributed by atoms with Crippen LogP contribution in [0.3, 0.4) is 0 Å². The second-order valence-electron chi connectivity index (χ2n) is 7.65. The van der Waals surface area contributed by atoms with Gasteiger partial charge in [-0.25, -0.2) is 13.1 Å². The molecule has 2 aromatic carbocycles. The summed E-state index contributed by atoms with van der Waals surface area (Å²) in [6, 6.07) is 9.42. The Labute approximate surface area is 182 Å². The molecular weight excluding hydrogens is 420 g/mol. The molecule has 8 nitrogen and oxygen atoms in total. The van der Waals surface area contributed by atoms with E-state index in [1.165, 1.54) is 26.2 Å². The second-order valence-corrected chi connectivity index (χ2v) is 9.33. The molecule has 0 saturated carbocycles. The molecule has 1 atom stereocenters. The Bertz CT molecular complexity index is 1050. The summed E-state index contributed by atoms with van der Waals surface area (Å²) in [7, 11) is -2.58. The molecule has 0 bridgehead atoms. The number of fused-ring (bicyclic) bond motifs is 1. The lowest BCUT2D eigenvalue weighted by molar-refractivity contribution is -0.114. The Hall–Kier alpha value is -2.78. The number of carbonyl (C=O) groups excluding carboxylic acids is 1. The number of rotatable bonds is 7. The second kappa shape index (κ2) is 9.57. The first kappa shape index (κ1) is 22.9. The molecule has 2 N–H and O–H groups in total. The fourth-order valence-electron chi connectivity index (χ4n) is 3.36. The molecule has 0 fully saturated rings. The zero-order chi connectivity index (χ0) is 22.6. The molecule has 2 aromatic rings. The minimum absolute atomic E-state index is 0.0518. The Morgan fingerprint density at radius 2 is 1.77 bits per heavy atom. The predicted molar refractivity (Wildman–Crippen MR) is 117 cm³/mol. The number of ether oxygens (including phenoxy) is 3. The van der Waals surface area contributed by atoms with Crippen LogP contribution in [-0.4, -0.2) is 34.6 Å². The van der Waals surface area contributed by atoms with Gasteiger partial charge < -0.3 is 19.5 Å². The van der Waals surface area contributed by atoms with Gasteiger partial charge >= 0.3 is 0 Å². The molecule has 31 heavy (non-hydrogen) atoms. The molecule has 0 aliphatic carbocycles. The molecule has 0 saturated heterocycles. The Morgan fingerprint density at radius 3 is 2.42 bits per heavy atom. The summed E-state index contributed by atoms with van der Waals surface area (Å²) in [5, 5.41) is 2.60. The SMILES string of the molecule is COc1ccc(NC(C)=O)cc1S(=O)(=O)N[C@@H](c1ccc2c(c1)OCCCO2)C(C)C. The Balaban J connectivity index is 1.96. The highest BCUT2D eigenvalue weighted by atomic mass is 32.2. The lowest BCUT2D eigenvalue weighted by Crippen LogP contribution is -2.32. The molecule has 0 aromatic heterocycles. The van der Waals surface area contributed by atoms with E-state index in [0.717, 1.165) is 12.0 Å². The molecule has 0 spiro atoms. The number of benzene rings is 2. The first-order chi connectivity index (χ1) is 14.7. The quantitative estimate of drug-likeness (QED) is 0.672. The van der Waals surface area contributed by atoms with Crippen molar-refractivity contribution in [1.29, 1.82) is 0 Å². The summed E-state index contributed by atoms with van der Waals surface area (Å²) < 4.78 is 46.1. The van der Waals surface area contributed by atoms with Gasteiger partial charge in [0.2, 0.25) is 15.9 Å². The zero-order valence-electron chi connectivity index (χ0n) is 18.1. The van der Waals surface area contributed by atoms with Crippen LogP contribution in [0.25, 0.3) is 0 Å². The number of sulfonamides is 1. The predicted octanol–water partition coefficient (Wildman–Crippen LogP) is 3.49. The molecule has 1 amide bonds. The topological polar surface area (TPSA) is 103 Å². The zero-order valence-corrected chi connectivity index (χ0v) is 18.9. The largest absolute Gasteiger partial charge is 0.495 e. The number of methoxy groups -OCH3 is 1. The summed E-state index contributed by atoms with van der Waals surface area (Å²) in [5.74, 6) is 1.09. The standard InChI is InChI=1S/C22H28N2O6S/c1-14(2)22(16-6-8-18-20(12-16)30-11-5-10-29-18)24-31(26,27)21-13-17(23-15(3)25)7-9-19(21)28-4/h6-9,12-14,22,24H,5,10-11H2,1-4H3,(H,23,25)/t22-/m1/s1. The highest BCUT2D eigenvalue weighted by Gasteiger charge is 2.28. The van der Waals surface area contributed by atoms with Crippen LogP contribution >= 0.6 is 0 Å². The van der Waals surface area contributed by atoms with Crippen molar-refractivity contribution in [2.45, 2.75) is 38.1 Å². The van der Waals surface area contributed by atoms with E-state index in [0.29, 0.717) is 30.4 Å². The Morgan fingerprint density at radius 1 is 1.06 bits per heavy atom. The van der Waals surface area contributed by atoms with Gasteiger partial charge in [-0.1, -0.05) is 19.9 Å². The van der Waals surface area contributed by atoms with Crippen LogP contribution in [0.2, 0.25) is 0 Å². The summed E-state index contributed by atoms with van der Waals surface area (Å²) in [4.78, 5) is 11.3. The van der Waals surface area contributed by atoms with Gasteiger partial charge in [0.25, 0.3) is 0 Å². The highest BCUT2D eigenvalue weighted by molar-refractivity contribution is 7.89. The van der Waals surface area contributed by atoms with E-state index in [4.69, 9.17) is 14.2 Å². The van der Waals surface area contributed by atoms with Crippen LogP contribution in [0.4, 0.5) is 5.69 Å². The fourth-order valence-corrected chi connectivity index (χ4v) is 4.93. The van der Waals surface area contributed by atoms with E-state index in [1.54, 1.807) is 12.1 Å². The van der Waals surface area contributed by atoms with Gasteiger partial charge in [0.1, 0.15) is 10.6 Å². The smallest absolute Gasteiger partial charge is 0.244 e. The molecule has 0 unspecified atom stereocenters. The summed E-state index contributed by atoms with van der Waals surface area (Å²) in [6.45, 7) is 6.34. The molecule has 3 rings (SSSR count). The third kappa shape index (κ3) is 5.48. The third-order valence-electron chi connectivity index (χ3n) is 4.85. The normalized spacial score (nSPS) is 14.6. The van der Waals surface area contributed by atoms with Crippen LogP contribution in [0, 0.1) is 5.92 Å². The van der Waals surface area contributed by atoms with E-state index in [1.807, 2.05) is 26.0 Å². The van der Waals surface area contributed by atoms with Crippen LogP contribution in [-0.2, 0) is 14.8 Å². The van der Waals surface area contributed by atoms with Gasteiger partial charge in [0.15, 0.2) is 11.5 Å². The average Bonchev–Trinajstić information content (AvgIpc) is 2.96. The van der Waals surface area contributed by atoms with Gasteiger partial charge in [0.05, 0.1) is 20.3 Å². The van der Waals surface area contributed by atoms with Crippen LogP contribution in [0.5, 0.6) is 17.2 Å². The Kier molecular flexibility index (Phi) is 7.07. The van der Waals surface area contributed by atoms with E-state index >= 15 is 0 Å². The third-order valence-corrected chi connectivity index (χ3v) is 6.32. The average molecular weight is 449 g/mol. The van der Waals surface area contributed by atoms with E-state index in [9.17, 15) is 13.2 Å². The van der Waals surface area contributed by atoms with Crippen molar-refractivity contribution in [3.63, 3.8) is 0 Å². The van der Waals surface area contributed by atoms with Crippen LogP contribution < -0.4 is 24.2 Å². The number of amides is 1. The molecular formula is C22H28N2O6S. The molecule has 168 valence electrons. The fraction of sp³-hybridized carbons (Fsp3) is 0.409. The highest BCUT2D eigenvalue weighted by Crippen LogP contribution is 2.35. The van der Waals surface area contributed by atoms with Crippen molar-refractivity contribution in [3.8, 4) is 17.2 Å². The number of hydrogen-bond donors (Lipinski definition) is 2. The maximum atomic E-state index is 13.3. The molecule has 1 heterocycles. The van der Waals surface area contributed by atoms with Gasteiger partial charge in [-0.2, -0.15) is 0 Å². The van der Waals surface area contributed by atoms with Crippen molar-refractivity contribution in [1.82, 2.24) is 4.72 Å². The van der Waals surface area contributed by atoms with Crippen molar-refractivity contribution in [2.24, 2.45) is 5.92 Å². The van der Waals surface area contributed by atoms with Gasteiger partial charge in [0, 0.05) is 25.1 Å². The minimum Gasteiger partial charge on any atom is -0.495 e. The van der Waals surface area contributed by atoms with Crippen molar-refractivity contribution < 1.29 is 27.4 Å². The first-order valence-corrected chi connectivity index (χ1v) is 11.6. The van der Waals surface area contributed by atoms with E-state index < -0.39 is 16.1 Å². The monoisotopic (exact) mass is 448 g/mol. The van der Waals surface area contributed by atoms with Gasteiger partial charge in [-0.3, -0.25) is 4.79 Å². The molecule has 1 aliphatic rings. The summed E-state index contributed by atoms with van der Waals surface area (Å²) in [6.07, 6.45) is 0.786. The van der Waals surface area contributed by atoms with E-state index in [-0.39, 0.29) is 22.5 Å². The maximum absolute atomic E-state index is 13.3. The number of carbonyl (C=O) groups is 1. The molecule has 1 aliphatic heterocycles. The molecule has 9 heteroatoms. The van der Waals surface area contributed by atoms with Gasteiger partial charge in [-0.15, -0.1) is 0 Å². The first-order valence-electron chi connectivity index (χ1n) is 10.1. The van der Waals surface area contributed by atoms with Gasteiger partial charge in [-0.05, 0) is 41.8 Å². The number of hydrogen-bond acceptors (Lipinski definition) is 6. The maximum Gasteiger partial charge on any atom is 0.244 e. The van der Waals surface area contributed by atoms with Crippen molar-refractivity contribution in [2.75, 3.05) is 25.6 Å². The molecule has 0 radical (unpaired) electrons. The lowest BCUT2D eigenvalue weighted by Gasteiger charge is -2.24. The van der Waals surface area contributed by atoms with Crippen molar-refractivity contribution >= 4 is 21.6 Å².